The number of nitrogens with zero attached hydrogens (tertiary/aromatic N) is 1. The summed E-state index contributed by atoms with van der Waals surface area (Å²) in [5.41, 5.74) is 0.578. The lowest BCUT2D eigenvalue weighted by Gasteiger charge is -2.19. The Labute approximate surface area is 112 Å². The van der Waals surface area contributed by atoms with Gasteiger partial charge in [0.25, 0.3) is 0 Å². The van der Waals surface area contributed by atoms with Gasteiger partial charge in [-0.2, -0.15) is 0 Å². The lowest BCUT2D eigenvalue weighted by molar-refractivity contribution is -0.122. The average molecular weight is 259 g/mol. The van der Waals surface area contributed by atoms with Gasteiger partial charge < -0.3 is 4.74 Å². The first kappa shape index (κ1) is 12.2. The molecule has 0 spiro atoms. The summed E-state index contributed by atoms with van der Waals surface area (Å²) >= 11 is 0. The van der Waals surface area contributed by atoms with E-state index in [0.717, 1.165) is 25.7 Å². The first-order valence-corrected chi connectivity index (χ1v) is 6.75. The molecule has 2 atom stereocenters. The minimum absolute atomic E-state index is 0.0563. The number of fused-ring (bicyclic) bond motifs is 1. The maximum atomic E-state index is 12.5. The highest BCUT2D eigenvalue weighted by molar-refractivity contribution is 6.22. The molecule has 1 heterocycles. The topological polar surface area (TPSA) is 46.6 Å². The van der Waals surface area contributed by atoms with Gasteiger partial charge in [-0.25, -0.2) is 4.90 Å². The van der Waals surface area contributed by atoms with Crippen molar-refractivity contribution in [3.8, 4) is 5.75 Å². The molecule has 4 heteroatoms. The second-order valence-corrected chi connectivity index (χ2v) is 5.18. The Balaban J connectivity index is 2.00. The number of para-hydroxylation sites is 2. The van der Waals surface area contributed by atoms with Crippen LogP contribution in [0, 0.1) is 11.8 Å². The number of imide groups is 1. The number of methoxy groups -OCH3 is 1. The second-order valence-electron chi connectivity index (χ2n) is 5.18. The molecule has 3 rings (SSSR count). The Morgan fingerprint density at radius 2 is 1.63 bits per heavy atom. The van der Waals surface area contributed by atoms with Crippen LogP contribution in [0.25, 0.3) is 0 Å². The van der Waals surface area contributed by atoms with E-state index in [1.165, 1.54) is 4.90 Å². The van der Waals surface area contributed by atoms with Crippen LogP contribution in [0.2, 0.25) is 0 Å². The van der Waals surface area contributed by atoms with Gasteiger partial charge in [-0.3, -0.25) is 9.59 Å². The van der Waals surface area contributed by atoms with Crippen LogP contribution in [0.5, 0.6) is 5.75 Å². The number of hydrogen-bond donors (Lipinski definition) is 0. The molecule has 0 bridgehead atoms. The minimum Gasteiger partial charge on any atom is -0.495 e. The van der Waals surface area contributed by atoms with Crippen LogP contribution in [0.15, 0.2) is 24.3 Å². The molecule has 2 aliphatic rings. The molecule has 19 heavy (non-hydrogen) atoms. The van der Waals surface area contributed by atoms with E-state index >= 15 is 0 Å². The zero-order valence-corrected chi connectivity index (χ0v) is 11.0. The van der Waals surface area contributed by atoms with Crippen molar-refractivity contribution in [1.82, 2.24) is 0 Å². The third-order valence-electron chi connectivity index (χ3n) is 4.17. The van der Waals surface area contributed by atoms with Crippen molar-refractivity contribution in [2.24, 2.45) is 11.8 Å². The van der Waals surface area contributed by atoms with Crippen LogP contribution < -0.4 is 9.64 Å². The highest BCUT2D eigenvalue weighted by Crippen LogP contribution is 2.42. The number of carbonyl (C=O) groups is 2. The van der Waals surface area contributed by atoms with E-state index in [9.17, 15) is 9.59 Å². The van der Waals surface area contributed by atoms with Gasteiger partial charge in [-0.05, 0) is 25.0 Å². The summed E-state index contributed by atoms with van der Waals surface area (Å²) in [6.45, 7) is 0. The number of rotatable bonds is 2. The summed E-state index contributed by atoms with van der Waals surface area (Å²) < 4.78 is 5.26. The molecule has 1 saturated carbocycles. The second kappa shape index (κ2) is 4.68. The fourth-order valence-corrected chi connectivity index (χ4v) is 3.21. The maximum absolute atomic E-state index is 12.5. The van der Waals surface area contributed by atoms with E-state index in [1.807, 2.05) is 12.1 Å². The van der Waals surface area contributed by atoms with Gasteiger partial charge in [-0.1, -0.05) is 25.0 Å². The first-order valence-electron chi connectivity index (χ1n) is 6.75. The molecule has 4 nitrogen and oxygen atoms in total. The molecule has 0 unspecified atom stereocenters. The highest BCUT2D eigenvalue weighted by Gasteiger charge is 2.49. The predicted octanol–water partition coefficient (Wildman–Crippen LogP) is 2.37. The molecule has 1 aromatic carbocycles. The van der Waals surface area contributed by atoms with Gasteiger partial charge in [0.05, 0.1) is 24.6 Å². The predicted molar refractivity (Wildman–Crippen MR) is 70.9 cm³/mol. The largest absolute Gasteiger partial charge is 0.495 e. The molecule has 0 radical (unpaired) electrons. The van der Waals surface area contributed by atoms with Crippen molar-refractivity contribution in [3.05, 3.63) is 24.3 Å². The van der Waals surface area contributed by atoms with Gasteiger partial charge in [0.1, 0.15) is 5.75 Å². The van der Waals surface area contributed by atoms with Gasteiger partial charge in [-0.15, -0.1) is 0 Å². The summed E-state index contributed by atoms with van der Waals surface area (Å²) in [5.74, 6) is 0.221. The molecule has 0 N–H and O–H groups in total. The zero-order valence-electron chi connectivity index (χ0n) is 11.0. The monoisotopic (exact) mass is 259 g/mol. The molecule has 2 fully saturated rings. The number of ether oxygens (including phenoxy) is 1. The number of amides is 2. The fourth-order valence-electron chi connectivity index (χ4n) is 3.21. The Bertz CT molecular complexity index is 502. The van der Waals surface area contributed by atoms with E-state index in [4.69, 9.17) is 4.74 Å². The van der Waals surface area contributed by atoms with E-state index in [2.05, 4.69) is 0 Å². The van der Waals surface area contributed by atoms with Crippen molar-refractivity contribution in [3.63, 3.8) is 0 Å². The van der Waals surface area contributed by atoms with Crippen LogP contribution in [0.1, 0.15) is 25.7 Å². The standard InChI is InChI=1S/C15H17NO3/c1-19-13-9-5-4-8-12(13)16-14(17)10-6-2-3-7-11(10)15(16)18/h4-5,8-11H,2-3,6-7H2,1H3/t10-,11-/m0/s1. The third-order valence-corrected chi connectivity index (χ3v) is 4.17. The molecule has 0 aromatic heterocycles. The van der Waals surface area contributed by atoms with Crippen molar-refractivity contribution in [2.75, 3.05) is 12.0 Å². The van der Waals surface area contributed by atoms with Crippen LogP contribution >= 0.6 is 0 Å². The molecule has 1 aromatic rings. The smallest absolute Gasteiger partial charge is 0.237 e. The highest BCUT2D eigenvalue weighted by atomic mass is 16.5. The summed E-state index contributed by atoms with van der Waals surface area (Å²) in [6.07, 6.45) is 3.75. The van der Waals surface area contributed by atoms with Crippen LogP contribution in [-0.4, -0.2) is 18.9 Å². The Morgan fingerprint density at radius 3 is 2.21 bits per heavy atom. The van der Waals surface area contributed by atoms with Crippen LogP contribution in [0.3, 0.4) is 0 Å². The molecule has 1 aliphatic carbocycles. The molecule has 1 saturated heterocycles. The number of anilines is 1. The summed E-state index contributed by atoms with van der Waals surface area (Å²) in [7, 11) is 1.55. The Morgan fingerprint density at radius 1 is 1.05 bits per heavy atom. The van der Waals surface area contributed by atoms with Gasteiger partial charge >= 0.3 is 0 Å². The van der Waals surface area contributed by atoms with E-state index in [1.54, 1.807) is 19.2 Å². The SMILES string of the molecule is COc1ccccc1N1C(=O)[C@H]2CCCC[C@@H]2C1=O. The minimum atomic E-state index is -0.119. The normalized spacial score (nSPS) is 26.5. The third kappa shape index (κ3) is 1.82. The summed E-state index contributed by atoms with van der Waals surface area (Å²) in [5, 5.41) is 0. The molecule has 2 amide bonds. The molecule has 100 valence electrons. The Kier molecular flexibility index (Phi) is 3.01. The van der Waals surface area contributed by atoms with E-state index < -0.39 is 0 Å². The quantitative estimate of drug-likeness (QED) is 0.766. The number of carbonyl (C=O) groups excluding carboxylic acids is 2. The average Bonchev–Trinajstić information content (AvgIpc) is 2.71. The van der Waals surface area contributed by atoms with Crippen molar-refractivity contribution >= 4 is 17.5 Å². The summed E-state index contributed by atoms with van der Waals surface area (Å²) in [4.78, 5) is 26.3. The molecular weight excluding hydrogens is 242 g/mol. The number of benzene rings is 1. The van der Waals surface area contributed by atoms with Gasteiger partial charge in [0.2, 0.25) is 11.8 Å². The number of hydrogen-bond acceptors (Lipinski definition) is 3. The van der Waals surface area contributed by atoms with Crippen molar-refractivity contribution < 1.29 is 14.3 Å². The van der Waals surface area contributed by atoms with E-state index in [0.29, 0.717) is 11.4 Å². The van der Waals surface area contributed by atoms with Gasteiger partial charge in [0.15, 0.2) is 0 Å². The fraction of sp³-hybridized carbons (Fsp3) is 0.467. The molecule has 1 aliphatic heterocycles. The zero-order chi connectivity index (χ0) is 13.4. The maximum Gasteiger partial charge on any atom is 0.237 e. The lowest BCUT2D eigenvalue weighted by Crippen LogP contribution is -2.31. The van der Waals surface area contributed by atoms with Gasteiger partial charge in [0, 0.05) is 0 Å². The summed E-state index contributed by atoms with van der Waals surface area (Å²) in [6, 6.07) is 7.20. The Hall–Kier alpha value is -1.84. The molecular formula is C15H17NO3. The first-order chi connectivity index (χ1) is 9.24. The van der Waals surface area contributed by atoms with Crippen LogP contribution in [0.4, 0.5) is 5.69 Å². The van der Waals surface area contributed by atoms with Crippen molar-refractivity contribution in [1.29, 1.82) is 0 Å². The van der Waals surface area contributed by atoms with Crippen molar-refractivity contribution in [2.45, 2.75) is 25.7 Å². The lowest BCUT2D eigenvalue weighted by atomic mass is 9.81. The van der Waals surface area contributed by atoms with E-state index in [-0.39, 0.29) is 23.7 Å². The van der Waals surface area contributed by atoms with Crippen LogP contribution in [-0.2, 0) is 9.59 Å².